The van der Waals surface area contributed by atoms with Crippen LogP contribution in [0.25, 0.3) is 10.9 Å². The van der Waals surface area contributed by atoms with Gasteiger partial charge in [-0.25, -0.2) is 0 Å². The summed E-state index contributed by atoms with van der Waals surface area (Å²) in [5.41, 5.74) is 2.56. The molecular formula is C14H15N3. The minimum Gasteiger partial charge on any atom is -0.373 e. The predicted octanol–water partition coefficient (Wildman–Crippen LogP) is 2.95. The average Bonchev–Trinajstić information content (AvgIpc) is 2.37. The zero-order chi connectivity index (χ0) is 12.3. The highest BCUT2D eigenvalue weighted by Gasteiger charge is 2.11. The largest absolute Gasteiger partial charge is 0.373 e. The van der Waals surface area contributed by atoms with Crippen molar-refractivity contribution in [2.45, 2.75) is 13.3 Å². The smallest absolute Gasteiger partial charge is 0.103 e. The van der Waals surface area contributed by atoms with Crippen LogP contribution in [0, 0.1) is 11.3 Å². The van der Waals surface area contributed by atoms with Gasteiger partial charge in [-0.3, -0.25) is 4.98 Å². The summed E-state index contributed by atoms with van der Waals surface area (Å²) in [5, 5.41) is 10.2. The Hall–Kier alpha value is -2.08. The summed E-state index contributed by atoms with van der Waals surface area (Å²) < 4.78 is 0. The van der Waals surface area contributed by atoms with Gasteiger partial charge in [0.25, 0.3) is 0 Å². The van der Waals surface area contributed by atoms with E-state index in [1.54, 1.807) is 6.20 Å². The van der Waals surface area contributed by atoms with Crippen molar-refractivity contribution in [2.24, 2.45) is 0 Å². The zero-order valence-electron chi connectivity index (χ0n) is 10.1. The monoisotopic (exact) mass is 225 g/mol. The van der Waals surface area contributed by atoms with Crippen molar-refractivity contribution in [1.29, 1.82) is 5.26 Å². The molecule has 1 aromatic carbocycles. The Morgan fingerprint density at radius 3 is 2.82 bits per heavy atom. The van der Waals surface area contributed by atoms with Crippen molar-refractivity contribution in [3.05, 3.63) is 36.0 Å². The Labute approximate surface area is 101 Å². The lowest BCUT2D eigenvalue weighted by atomic mass is 10.1. The molecule has 0 N–H and O–H groups in total. The fourth-order valence-electron chi connectivity index (χ4n) is 2.07. The fourth-order valence-corrected chi connectivity index (χ4v) is 2.07. The molecule has 0 aliphatic carbocycles. The summed E-state index contributed by atoms with van der Waals surface area (Å²) in [6.07, 6.45) is 2.71. The summed E-state index contributed by atoms with van der Waals surface area (Å²) in [4.78, 5) is 6.43. The van der Waals surface area contributed by atoms with Gasteiger partial charge in [0, 0.05) is 25.2 Å². The number of para-hydroxylation sites is 1. The number of hydrogen-bond donors (Lipinski definition) is 0. The van der Waals surface area contributed by atoms with E-state index in [2.05, 4.69) is 22.9 Å². The van der Waals surface area contributed by atoms with E-state index < -0.39 is 0 Å². The summed E-state index contributed by atoms with van der Waals surface area (Å²) in [6, 6.07) is 10.2. The summed E-state index contributed by atoms with van der Waals surface area (Å²) in [5.74, 6) is 0. The molecule has 0 amide bonds. The molecule has 86 valence electrons. The maximum atomic E-state index is 9.18. The Bertz CT molecular complexity index is 569. The van der Waals surface area contributed by atoms with E-state index >= 15 is 0 Å². The number of benzene rings is 1. The van der Waals surface area contributed by atoms with Gasteiger partial charge < -0.3 is 4.90 Å². The van der Waals surface area contributed by atoms with Crippen LogP contribution in [-0.2, 0) is 0 Å². The molecule has 3 nitrogen and oxygen atoms in total. The summed E-state index contributed by atoms with van der Waals surface area (Å²) in [6.45, 7) is 3.06. The Balaban J connectivity index is 2.68. The molecule has 1 heterocycles. The van der Waals surface area contributed by atoms with E-state index in [0.29, 0.717) is 5.56 Å². The summed E-state index contributed by atoms with van der Waals surface area (Å²) in [7, 11) is 2.02. The molecule has 0 unspecified atom stereocenters. The highest BCUT2D eigenvalue weighted by molar-refractivity contribution is 5.94. The third-order valence-electron chi connectivity index (χ3n) is 2.81. The quantitative estimate of drug-likeness (QED) is 0.806. The Morgan fingerprint density at radius 1 is 1.35 bits per heavy atom. The fraction of sp³-hybridized carbons (Fsp3) is 0.286. The van der Waals surface area contributed by atoms with Crippen LogP contribution in [0.15, 0.2) is 30.5 Å². The van der Waals surface area contributed by atoms with Gasteiger partial charge in [0.05, 0.1) is 16.8 Å². The van der Waals surface area contributed by atoms with Crippen molar-refractivity contribution in [3.8, 4) is 6.07 Å². The first-order valence-electron chi connectivity index (χ1n) is 5.77. The van der Waals surface area contributed by atoms with Crippen LogP contribution in [-0.4, -0.2) is 18.6 Å². The molecule has 2 aromatic rings. The molecule has 0 atom stereocenters. The third-order valence-corrected chi connectivity index (χ3v) is 2.81. The number of rotatable bonds is 3. The van der Waals surface area contributed by atoms with Gasteiger partial charge in [-0.05, 0) is 12.5 Å². The van der Waals surface area contributed by atoms with Crippen molar-refractivity contribution < 1.29 is 0 Å². The first-order valence-corrected chi connectivity index (χ1v) is 5.77. The first kappa shape index (κ1) is 11.4. The van der Waals surface area contributed by atoms with Gasteiger partial charge in [-0.2, -0.15) is 5.26 Å². The number of hydrogen-bond acceptors (Lipinski definition) is 3. The van der Waals surface area contributed by atoms with Crippen molar-refractivity contribution in [1.82, 2.24) is 4.98 Å². The van der Waals surface area contributed by atoms with Gasteiger partial charge in [-0.15, -0.1) is 0 Å². The molecule has 0 radical (unpaired) electrons. The highest BCUT2D eigenvalue weighted by atomic mass is 15.1. The number of nitrogens with zero attached hydrogens (tertiary/aromatic N) is 3. The van der Waals surface area contributed by atoms with Crippen molar-refractivity contribution in [2.75, 3.05) is 18.5 Å². The lowest BCUT2D eigenvalue weighted by Crippen LogP contribution is -2.19. The number of pyridine rings is 1. The van der Waals surface area contributed by atoms with E-state index in [9.17, 15) is 5.26 Å². The van der Waals surface area contributed by atoms with Gasteiger partial charge in [0.2, 0.25) is 0 Å². The molecule has 17 heavy (non-hydrogen) atoms. The molecule has 0 saturated heterocycles. The number of nitriles is 1. The summed E-state index contributed by atoms with van der Waals surface area (Å²) >= 11 is 0. The van der Waals surface area contributed by atoms with Crippen LogP contribution in [0.5, 0.6) is 0 Å². The maximum Gasteiger partial charge on any atom is 0.103 e. The standard InChI is InChI=1S/C14H15N3/c1-3-8-17(2)14-11(9-15)10-16-13-7-5-4-6-12(13)14/h4-7,10H,3,8H2,1-2H3. The van der Waals surface area contributed by atoms with Gasteiger partial charge in [-0.1, -0.05) is 25.1 Å². The van der Waals surface area contributed by atoms with Crippen LogP contribution in [0.3, 0.4) is 0 Å². The van der Waals surface area contributed by atoms with E-state index in [0.717, 1.165) is 29.6 Å². The van der Waals surface area contributed by atoms with Crippen molar-refractivity contribution in [3.63, 3.8) is 0 Å². The SMILES string of the molecule is CCCN(C)c1c(C#N)cnc2ccccc12. The lowest BCUT2D eigenvalue weighted by molar-refractivity contribution is 0.853. The van der Waals surface area contributed by atoms with Crippen LogP contribution in [0.1, 0.15) is 18.9 Å². The molecule has 0 saturated carbocycles. The highest BCUT2D eigenvalue weighted by Crippen LogP contribution is 2.28. The molecule has 0 fully saturated rings. The van der Waals surface area contributed by atoms with Crippen LogP contribution in [0.2, 0.25) is 0 Å². The van der Waals surface area contributed by atoms with Gasteiger partial charge in [0.15, 0.2) is 0 Å². The Kier molecular flexibility index (Phi) is 3.24. The molecule has 0 aliphatic heterocycles. The lowest BCUT2D eigenvalue weighted by Gasteiger charge is -2.21. The van der Waals surface area contributed by atoms with Gasteiger partial charge >= 0.3 is 0 Å². The van der Waals surface area contributed by atoms with Crippen LogP contribution < -0.4 is 4.90 Å². The van der Waals surface area contributed by atoms with E-state index in [1.807, 2.05) is 31.3 Å². The molecule has 3 heteroatoms. The third kappa shape index (κ3) is 2.07. The second-order valence-corrected chi connectivity index (χ2v) is 4.07. The Morgan fingerprint density at radius 2 is 2.12 bits per heavy atom. The van der Waals surface area contributed by atoms with Crippen molar-refractivity contribution >= 4 is 16.6 Å². The molecular weight excluding hydrogens is 210 g/mol. The predicted molar refractivity (Wildman–Crippen MR) is 70.0 cm³/mol. The molecule has 1 aromatic heterocycles. The normalized spacial score (nSPS) is 10.2. The van der Waals surface area contributed by atoms with E-state index in [1.165, 1.54) is 0 Å². The second kappa shape index (κ2) is 4.84. The van der Waals surface area contributed by atoms with E-state index in [-0.39, 0.29) is 0 Å². The number of anilines is 1. The second-order valence-electron chi connectivity index (χ2n) is 4.07. The van der Waals surface area contributed by atoms with Crippen LogP contribution >= 0.6 is 0 Å². The molecule has 0 aliphatic rings. The molecule has 0 bridgehead atoms. The molecule has 0 spiro atoms. The number of aromatic nitrogens is 1. The molecule has 2 rings (SSSR count). The minimum absolute atomic E-state index is 0.639. The first-order chi connectivity index (χ1) is 8.27. The van der Waals surface area contributed by atoms with Gasteiger partial charge in [0.1, 0.15) is 6.07 Å². The maximum absolute atomic E-state index is 9.18. The average molecular weight is 225 g/mol. The van der Waals surface area contributed by atoms with Crippen LogP contribution in [0.4, 0.5) is 5.69 Å². The minimum atomic E-state index is 0.639. The topological polar surface area (TPSA) is 39.9 Å². The zero-order valence-corrected chi connectivity index (χ0v) is 10.1. The van der Waals surface area contributed by atoms with E-state index in [4.69, 9.17) is 0 Å². The number of fused-ring (bicyclic) bond motifs is 1.